The van der Waals surface area contributed by atoms with Gasteiger partial charge < -0.3 is 9.64 Å². The van der Waals surface area contributed by atoms with Crippen LogP contribution in [0.1, 0.15) is 38.5 Å². The summed E-state index contributed by atoms with van der Waals surface area (Å²) in [5.41, 5.74) is -0.375. The fourth-order valence-corrected chi connectivity index (χ4v) is 5.90. The fraction of sp³-hybridized carbons (Fsp3) is 0.600. The van der Waals surface area contributed by atoms with E-state index in [4.69, 9.17) is 16.3 Å². The Balaban J connectivity index is 1.55. The lowest BCUT2D eigenvalue weighted by molar-refractivity contribution is -0.385. The molecule has 0 unspecified atom stereocenters. The molecule has 2 fully saturated rings. The van der Waals surface area contributed by atoms with Crippen molar-refractivity contribution in [3.8, 4) is 0 Å². The fourth-order valence-electron chi connectivity index (χ4n) is 3.94. The minimum absolute atomic E-state index is 0.0428. The third-order valence-electron chi connectivity index (χ3n) is 5.83. The van der Waals surface area contributed by atoms with Crippen LogP contribution in [0.2, 0.25) is 5.02 Å². The van der Waals surface area contributed by atoms with Crippen LogP contribution < -0.4 is 0 Å². The number of benzene rings is 1. The molecule has 2 aliphatic rings. The molecular weight excluding hydrogens is 462 g/mol. The third-order valence-corrected chi connectivity index (χ3v) is 8.21. The Morgan fingerprint density at radius 2 is 1.72 bits per heavy atom. The number of carbonyl (C=O) groups excluding carboxylic acids is 2. The number of sulfonamides is 1. The highest BCUT2D eigenvalue weighted by molar-refractivity contribution is 7.89. The zero-order valence-electron chi connectivity index (χ0n) is 17.6. The maximum atomic E-state index is 12.9. The first-order valence-electron chi connectivity index (χ1n) is 10.6. The highest BCUT2D eigenvalue weighted by atomic mass is 35.5. The molecule has 2 saturated heterocycles. The van der Waals surface area contributed by atoms with E-state index >= 15 is 0 Å². The summed E-state index contributed by atoms with van der Waals surface area (Å²) in [6, 6.07) is 3.25. The average Bonchev–Trinajstić information content (AvgIpc) is 3.07. The van der Waals surface area contributed by atoms with Crippen LogP contribution >= 0.6 is 11.6 Å². The lowest BCUT2D eigenvalue weighted by atomic mass is 9.98. The van der Waals surface area contributed by atoms with E-state index < -0.39 is 26.8 Å². The Bertz CT molecular complexity index is 969. The van der Waals surface area contributed by atoms with Gasteiger partial charge in [0.15, 0.2) is 6.61 Å². The van der Waals surface area contributed by atoms with E-state index in [-0.39, 0.29) is 54.1 Å². The lowest BCUT2D eigenvalue weighted by Gasteiger charge is -2.30. The molecule has 0 N–H and O–H groups in total. The molecule has 0 saturated carbocycles. The van der Waals surface area contributed by atoms with Crippen LogP contribution in [0.5, 0.6) is 0 Å². The van der Waals surface area contributed by atoms with Crippen LogP contribution in [0.15, 0.2) is 23.1 Å². The molecule has 176 valence electrons. The van der Waals surface area contributed by atoms with E-state index in [2.05, 4.69) is 0 Å². The number of nitrogens with zero attached hydrogens (tertiary/aromatic N) is 3. The van der Waals surface area contributed by atoms with E-state index in [1.165, 1.54) is 6.07 Å². The minimum atomic E-state index is -4.06. The van der Waals surface area contributed by atoms with Gasteiger partial charge in [-0.05, 0) is 31.7 Å². The van der Waals surface area contributed by atoms with E-state index in [0.29, 0.717) is 13.1 Å². The first-order chi connectivity index (χ1) is 15.2. The van der Waals surface area contributed by atoms with Crippen LogP contribution in [0.4, 0.5) is 5.69 Å². The van der Waals surface area contributed by atoms with Gasteiger partial charge in [-0.3, -0.25) is 19.7 Å². The van der Waals surface area contributed by atoms with Crippen LogP contribution in [0.3, 0.4) is 0 Å². The zero-order chi connectivity index (χ0) is 23.3. The normalized spacial score (nSPS) is 18.7. The molecule has 1 amide bonds. The molecule has 1 aromatic carbocycles. The van der Waals surface area contributed by atoms with Crippen molar-refractivity contribution in [2.24, 2.45) is 5.92 Å². The van der Waals surface area contributed by atoms with Gasteiger partial charge in [0.1, 0.15) is 4.90 Å². The number of piperidine rings is 1. The van der Waals surface area contributed by atoms with Crippen molar-refractivity contribution in [3.05, 3.63) is 33.3 Å². The topological polar surface area (TPSA) is 127 Å². The van der Waals surface area contributed by atoms with Gasteiger partial charge >= 0.3 is 5.97 Å². The van der Waals surface area contributed by atoms with Gasteiger partial charge in [0, 0.05) is 38.3 Å². The number of likely N-dealkylation sites (tertiary alicyclic amines) is 1. The maximum Gasteiger partial charge on any atom is 0.309 e. The average molecular weight is 488 g/mol. The third kappa shape index (κ3) is 5.76. The number of halogens is 1. The molecule has 10 nitrogen and oxygen atoms in total. The van der Waals surface area contributed by atoms with Gasteiger partial charge in [-0.2, -0.15) is 4.31 Å². The predicted molar refractivity (Wildman–Crippen MR) is 116 cm³/mol. The van der Waals surface area contributed by atoms with Crippen LogP contribution in [0.25, 0.3) is 0 Å². The molecule has 12 heteroatoms. The number of esters is 1. The van der Waals surface area contributed by atoms with Crippen LogP contribution in [0, 0.1) is 16.0 Å². The lowest BCUT2D eigenvalue weighted by Crippen LogP contribution is -2.41. The zero-order valence-corrected chi connectivity index (χ0v) is 19.1. The second-order valence-corrected chi connectivity index (χ2v) is 10.3. The molecular formula is C20H26ClN3O7S. The van der Waals surface area contributed by atoms with Gasteiger partial charge in [-0.25, -0.2) is 8.42 Å². The minimum Gasteiger partial charge on any atom is -0.455 e. The van der Waals surface area contributed by atoms with Crippen molar-refractivity contribution in [2.45, 2.75) is 43.4 Å². The van der Waals surface area contributed by atoms with Crippen molar-refractivity contribution >= 4 is 39.2 Å². The molecule has 3 rings (SSSR count). The number of amides is 1. The smallest absolute Gasteiger partial charge is 0.309 e. The van der Waals surface area contributed by atoms with Crippen molar-refractivity contribution in [3.63, 3.8) is 0 Å². The number of nitro benzene ring substituents is 1. The number of rotatable bonds is 6. The highest BCUT2D eigenvalue weighted by Crippen LogP contribution is 2.31. The standard InChI is InChI=1S/C20H26ClN3O7S/c21-17-6-5-16(24(27)28)13-18(17)32(29,30)23-11-7-15(8-12-23)20(26)31-14-19(25)22-9-3-1-2-4-10-22/h5-6,13,15H,1-4,7-12,14H2. The first kappa shape index (κ1) is 24.4. The number of carbonyl (C=O) groups is 2. The van der Waals surface area contributed by atoms with Crippen LogP contribution in [-0.4, -0.2) is 67.2 Å². The maximum absolute atomic E-state index is 12.9. The monoisotopic (exact) mass is 487 g/mol. The molecule has 2 heterocycles. The summed E-state index contributed by atoms with van der Waals surface area (Å²) < 4.78 is 32.2. The largest absolute Gasteiger partial charge is 0.455 e. The Morgan fingerprint density at radius 3 is 2.31 bits per heavy atom. The molecule has 0 aromatic heterocycles. The Kier molecular flexibility index (Phi) is 8.07. The van der Waals surface area contributed by atoms with Gasteiger partial charge in [0.2, 0.25) is 10.0 Å². The number of non-ortho nitro benzene ring substituents is 1. The molecule has 1 aromatic rings. The van der Waals surface area contributed by atoms with E-state index in [0.717, 1.165) is 42.1 Å². The van der Waals surface area contributed by atoms with Crippen molar-refractivity contribution in [1.29, 1.82) is 0 Å². The SMILES string of the molecule is O=C(OCC(=O)N1CCCCCC1)C1CCN(S(=O)(=O)c2cc([N+](=O)[O-])ccc2Cl)CC1. The second-order valence-electron chi connectivity index (χ2n) is 7.95. The van der Waals surface area contributed by atoms with Gasteiger partial charge in [0.25, 0.3) is 11.6 Å². The number of ether oxygens (including phenoxy) is 1. The van der Waals surface area contributed by atoms with E-state index in [1.807, 2.05) is 0 Å². The summed E-state index contributed by atoms with van der Waals surface area (Å²) in [6.45, 7) is 1.13. The summed E-state index contributed by atoms with van der Waals surface area (Å²) in [5.74, 6) is -1.24. The Hall–Kier alpha value is -2.24. The Labute approximate surface area is 191 Å². The molecule has 0 radical (unpaired) electrons. The van der Waals surface area contributed by atoms with Crippen molar-refractivity contribution in [1.82, 2.24) is 9.21 Å². The number of nitro groups is 1. The van der Waals surface area contributed by atoms with Gasteiger partial charge in [-0.1, -0.05) is 24.4 Å². The Morgan fingerprint density at radius 1 is 1.09 bits per heavy atom. The number of hydrogen-bond acceptors (Lipinski definition) is 7. The van der Waals surface area contributed by atoms with Gasteiger partial charge in [0.05, 0.1) is 15.9 Å². The molecule has 2 aliphatic heterocycles. The second kappa shape index (κ2) is 10.6. The van der Waals surface area contributed by atoms with Crippen LogP contribution in [-0.2, 0) is 24.3 Å². The van der Waals surface area contributed by atoms with Crippen molar-refractivity contribution in [2.75, 3.05) is 32.8 Å². The molecule has 0 spiro atoms. The van der Waals surface area contributed by atoms with Gasteiger partial charge in [-0.15, -0.1) is 0 Å². The highest BCUT2D eigenvalue weighted by Gasteiger charge is 2.35. The molecule has 32 heavy (non-hydrogen) atoms. The summed E-state index contributed by atoms with van der Waals surface area (Å²) in [6.07, 6.45) is 4.52. The summed E-state index contributed by atoms with van der Waals surface area (Å²) in [4.78, 5) is 36.4. The molecule has 0 bridgehead atoms. The van der Waals surface area contributed by atoms with E-state index in [1.54, 1.807) is 4.90 Å². The summed E-state index contributed by atoms with van der Waals surface area (Å²) >= 11 is 5.99. The first-order valence-corrected chi connectivity index (χ1v) is 12.4. The van der Waals surface area contributed by atoms with E-state index in [9.17, 15) is 28.1 Å². The molecule has 0 aliphatic carbocycles. The predicted octanol–water partition coefficient (Wildman–Crippen LogP) is 2.59. The molecule has 0 atom stereocenters. The van der Waals surface area contributed by atoms with Crippen molar-refractivity contribution < 1.29 is 27.7 Å². The summed E-state index contributed by atoms with van der Waals surface area (Å²) in [5, 5.41) is 10.9. The quantitative estimate of drug-likeness (QED) is 0.342. The summed E-state index contributed by atoms with van der Waals surface area (Å²) in [7, 11) is -4.06. The number of hydrogen-bond donors (Lipinski definition) is 0.